The van der Waals surface area contributed by atoms with Gasteiger partial charge in [-0.2, -0.15) is 0 Å². The lowest BCUT2D eigenvalue weighted by atomic mass is 9.97. The zero-order valence-corrected chi connectivity index (χ0v) is 17.9. The van der Waals surface area contributed by atoms with Crippen molar-refractivity contribution in [3.8, 4) is 0 Å². The van der Waals surface area contributed by atoms with E-state index in [4.69, 9.17) is 4.99 Å². The van der Waals surface area contributed by atoms with Crippen LogP contribution in [0.1, 0.15) is 37.5 Å². The summed E-state index contributed by atoms with van der Waals surface area (Å²) in [6.07, 6.45) is 5.19. The van der Waals surface area contributed by atoms with Crippen LogP contribution in [0.5, 0.6) is 0 Å². The van der Waals surface area contributed by atoms with Crippen LogP contribution in [-0.2, 0) is 6.54 Å². The average molecular weight is 462 g/mol. The molecule has 3 rings (SSSR count). The highest BCUT2D eigenvalue weighted by molar-refractivity contribution is 14.0. The summed E-state index contributed by atoms with van der Waals surface area (Å²) >= 11 is 1.87. The van der Waals surface area contributed by atoms with Gasteiger partial charge in [0.05, 0.1) is 0 Å². The molecule has 4 nitrogen and oxygen atoms in total. The number of hydrogen-bond acceptors (Lipinski definition) is 3. The number of piperidine rings is 1. The molecule has 0 unspecified atom stereocenters. The Labute approximate surface area is 167 Å². The number of aliphatic imine (C=N–C) groups is 1. The van der Waals surface area contributed by atoms with Crippen LogP contribution in [-0.4, -0.2) is 55.0 Å². The van der Waals surface area contributed by atoms with Crippen LogP contribution in [0.25, 0.3) is 0 Å². The molecule has 24 heavy (non-hydrogen) atoms. The van der Waals surface area contributed by atoms with Gasteiger partial charge in [0.15, 0.2) is 5.96 Å². The standard InChI is InChI=1S/C18H30N4S.HI/c1-2-19-18(22-9-3-4-10-22)20-14-16-7-11-21(12-8-16)15-17-6-5-13-23-17;/h5-6,13,16H,2-4,7-12,14-15H2,1H3,(H,19,20);1H. The first kappa shape index (κ1) is 20.0. The maximum Gasteiger partial charge on any atom is 0.193 e. The highest BCUT2D eigenvalue weighted by Crippen LogP contribution is 2.21. The summed E-state index contributed by atoms with van der Waals surface area (Å²) in [5.41, 5.74) is 0. The molecule has 1 aromatic rings. The lowest BCUT2D eigenvalue weighted by molar-refractivity contribution is 0.182. The molecule has 0 bridgehead atoms. The summed E-state index contributed by atoms with van der Waals surface area (Å²) < 4.78 is 0. The largest absolute Gasteiger partial charge is 0.357 e. The number of nitrogens with one attached hydrogen (secondary N) is 1. The molecule has 0 amide bonds. The Balaban J connectivity index is 0.00000208. The predicted molar refractivity (Wildman–Crippen MR) is 115 cm³/mol. The van der Waals surface area contributed by atoms with Crippen molar-refractivity contribution >= 4 is 41.3 Å². The molecule has 136 valence electrons. The van der Waals surface area contributed by atoms with E-state index in [1.165, 1.54) is 56.7 Å². The SMILES string of the molecule is CCNC(=NCC1CCN(Cc2cccs2)CC1)N1CCCC1.I. The van der Waals surface area contributed by atoms with Gasteiger partial charge in [0.1, 0.15) is 0 Å². The van der Waals surface area contributed by atoms with Crippen LogP contribution in [0.2, 0.25) is 0 Å². The third-order valence-electron chi connectivity index (χ3n) is 4.91. The van der Waals surface area contributed by atoms with Gasteiger partial charge in [-0.1, -0.05) is 6.07 Å². The van der Waals surface area contributed by atoms with E-state index >= 15 is 0 Å². The Hall–Kier alpha value is -0.340. The molecule has 2 aliphatic heterocycles. The van der Waals surface area contributed by atoms with Crippen molar-refractivity contribution in [3.63, 3.8) is 0 Å². The van der Waals surface area contributed by atoms with Crippen LogP contribution < -0.4 is 5.32 Å². The van der Waals surface area contributed by atoms with E-state index in [9.17, 15) is 0 Å². The Bertz CT molecular complexity index is 477. The molecule has 0 spiro atoms. The van der Waals surface area contributed by atoms with E-state index in [1.54, 1.807) is 0 Å². The first-order valence-corrected chi connectivity index (χ1v) is 10.0. The molecular weight excluding hydrogens is 431 g/mol. The Morgan fingerprint density at radius 2 is 2.00 bits per heavy atom. The lowest BCUT2D eigenvalue weighted by Crippen LogP contribution is -2.40. The molecule has 3 heterocycles. The second-order valence-corrected chi connectivity index (χ2v) is 7.72. The summed E-state index contributed by atoms with van der Waals surface area (Å²) in [5.74, 6) is 1.90. The molecule has 0 aromatic carbocycles. The predicted octanol–water partition coefficient (Wildman–Crippen LogP) is 3.64. The van der Waals surface area contributed by atoms with Gasteiger partial charge in [-0.15, -0.1) is 35.3 Å². The molecule has 0 atom stereocenters. The van der Waals surface area contributed by atoms with Gasteiger partial charge in [-0.3, -0.25) is 9.89 Å². The van der Waals surface area contributed by atoms with Crippen LogP contribution in [0, 0.1) is 5.92 Å². The average Bonchev–Trinajstić information content (AvgIpc) is 3.26. The fourth-order valence-corrected chi connectivity index (χ4v) is 4.27. The monoisotopic (exact) mass is 462 g/mol. The fraction of sp³-hybridized carbons (Fsp3) is 0.722. The van der Waals surface area contributed by atoms with Crippen LogP contribution in [0.3, 0.4) is 0 Å². The fourth-order valence-electron chi connectivity index (χ4n) is 3.52. The van der Waals surface area contributed by atoms with Gasteiger partial charge < -0.3 is 10.2 Å². The van der Waals surface area contributed by atoms with Crippen molar-refractivity contribution in [2.24, 2.45) is 10.9 Å². The molecule has 2 aliphatic rings. The van der Waals surface area contributed by atoms with Crippen molar-refractivity contribution < 1.29 is 0 Å². The number of halogens is 1. The third kappa shape index (κ3) is 5.88. The van der Waals surface area contributed by atoms with Crippen molar-refractivity contribution in [1.29, 1.82) is 0 Å². The summed E-state index contributed by atoms with van der Waals surface area (Å²) in [4.78, 5) is 11.4. The van der Waals surface area contributed by atoms with Gasteiger partial charge in [0, 0.05) is 37.6 Å². The number of hydrogen-bond donors (Lipinski definition) is 1. The molecule has 1 N–H and O–H groups in total. The highest BCUT2D eigenvalue weighted by atomic mass is 127. The maximum absolute atomic E-state index is 4.93. The number of thiophene rings is 1. The van der Waals surface area contributed by atoms with Gasteiger partial charge in [0.2, 0.25) is 0 Å². The van der Waals surface area contributed by atoms with E-state index < -0.39 is 0 Å². The van der Waals surface area contributed by atoms with E-state index in [0.717, 1.165) is 31.5 Å². The summed E-state index contributed by atoms with van der Waals surface area (Å²) in [7, 11) is 0. The number of likely N-dealkylation sites (tertiary alicyclic amines) is 2. The van der Waals surface area contributed by atoms with Crippen molar-refractivity contribution in [2.75, 3.05) is 39.3 Å². The molecule has 1 aromatic heterocycles. The van der Waals surface area contributed by atoms with Crippen molar-refractivity contribution in [1.82, 2.24) is 15.1 Å². The molecule has 0 aliphatic carbocycles. The van der Waals surface area contributed by atoms with Gasteiger partial charge >= 0.3 is 0 Å². The minimum absolute atomic E-state index is 0. The number of rotatable bonds is 5. The molecule has 0 saturated carbocycles. The second-order valence-electron chi connectivity index (χ2n) is 6.69. The lowest BCUT2D eigenvalue weighted by Gasteiger charge is -2.31. The van der Waals surface area contributed by atoms with Gasteiger partial charge in [0.25, 0.3) is 0 Å². The van der Waals surface area contributed by atoms with Crippen LogP contribution >= 0.6 is 35.3 Å². The maximum atomic E-state index is 4.93. The molecule has 2 saturated heterocycles. The number of nitrogens with zero attached hydrogens (tertiary/aromatic N) is 3. The zero-order chi connectivity index (χ0) is 15.9. The summed E-state index contributed by atoms with van der Waals surface area (Å²) in [6.45, 7) is 10.0. The van der Waals surface area contributed by atoms with Crippen LogP contribution in [0.15, 0.2) is 22.5 Å². The number of guanidine groups is 1. The zero-order valence-electron chi connectivity index (χ0n) is 14.7. The Kier molecular flexibility index (Phi) is 8.83. The summed E-state index contributed by atoms with van der Waals surface area (Å²) in [5, 5.41) is 5.65. The third-order valence-corrected chi connectivity index (χ3v) is 5.77. The first-order valence-electron chi connectivity index (χ1n) is 9.13. The van der Waals surface area contributed by atoms with Gasteiger partial charge in [-0.05, 0) is 63.1 Å². The van der Waals surface area contributed by atoms with Gasteiger partial charge in [-0.25, -0.2) is 0 Å². The summed E-state index contributed by atoms with van der Waals surface area (Å²) in [6, 6.07) is 4.40. The minimum atomic E-state index is 0. The van der Waals surface area contributed by atoms with E-state index in [1.807, 2.05) is 11.3 Å². The Morgan fingerprint density at radius 3 is 2.62 bits per heavy atom. The molecule has 6 heteroatoms. The minimum Gasteiger partial charge on any atom is -0.357 e. The first-order chi connectivity index (χ1) is 11.3. The van der Waals surface area contributed by atoms with E-state index in [-0.39, 0.29) is 24.0 Å². The quantitative estimate of drug-likeness (QED) is 0.412. The molecule has 2 fully saturated rings. The van der Waals surface area contributed by atoms with Crippen LogP contribution in [0.4, 0.5) is 0 Å². The Morgan fingerprint density at radius 1 is 1.25 bits per heavy atom. The highest BCUT2D eigenvalue weighted by Gasteiger charge is 2.20. The van der Waals surface area contributed by atoms with Crippen molar-refractivity contribution in [2.45, 2.75) is 39.2 Å². The molecule has 0 radical (unpaired) electrons. The smallest absolute Gasteiger partial charge is 0.193 e. The van der Waals surface area contributed by atoms with E-state index in [2.05, 4.69) is 39.6 Å². The van der Waals surface area contributed by atoms with E-state index in [0.29, 0.717) is 0 Å². The molecular formula is C18H31IN4S. The van der Waals surface area contributed by atoms with Crippen molar-refractivity contribution in [3.05, 3.63) is 22.4 Å². The second kappa shape index (κ2) is 10.6. The topological polar surface area (TPSA) is 30.9 Å². The normalized spacial score (nSPS) is 20.2.